The average molecular weight is 310 g/mol. The molecule has 0 atom stereocenters. The summed E-state index contributed by atoms with van der Waals surface area (Å²) in [5.74, 6) is 0.298. The Morgan fingerprint density at radius 2 is 2.00 bits per heavy atom. The molecule has 0 aliphatic carbocycles. The van der Waals surface area contributed by atoms with Crippen LogP contribution in [0, 0.1) is 5.82 Å². The second kappa shape index (κ2) is 5.27. The maximum absolute atomic E-state index is 13.3. The SMILES string of the molecule is CC(=O)c1ccc(Oc2ccc(Br)c(F)c2)cn1. The zero-order valence-corrected chi connectivity index (χ0v) is 11.1. The predicted molar refractivity (Wildman–Crippen MR) is 68.4 cm³/mol. The maximum atomic E-state index is 13.3. The fourth-order valence-electron chi connectivity index (χ4n) is 1.33. The van der Waals surface area contributed by atoms with E-state index in [1.54, 1.807) is 24.3 Å². The molecule has 3 nitrogen and oxygen atoms in total. The van der Waals surface area contributed by atoms with Gasteiger partial charge in [0.25, 0.3) is 0 Å². The summed E-state index contributed by atoms with van der Waals surface area (Å²) < 4.78 is 19.1. The van der Waals surface area contributed by atoms with E-state index in [0.717, 1.165) is 0 Å². The lowest BCUT2D eigenvalue weighted by atomic mass is 10.3. The van der Waals surface area contributed by atoms with Gasteiger partial charge in [0.1, 0.15) is 23.0 Å². The third-order valence-corrected chi connectivity index (χ3v) is 2.87. The van der Waals surface area contributed by atoms with Crippen molar-refractivity contribution in [2.24, 2.45) is 0 Å². The second-order valence-corrected chi connectivity index (χ2v) is 4.47. The third kappa shape index (κ3) is 2.92. The summed E-state index contributed by atoms with van der Waals surface area (Å²) in [6.45, 7) is 1.44. The van der Waals surface area contributed by atoms with Crippen molar-refractivity contribution in [3.8, 4) is 11.5 Å². The number of ether oxygens (including phenoxy) is 1. The highest BCUT2D eigenvalue weighted by atomic mass is 79.9. The number of carbonyl (C=O) groups excluding carboxylic acids is 1. The van der Waals surface area contributed by atoms with Gasteiger partial charge in [-0.05, 0) is 40.2 Å². The highest BCUT2D eigenvalue weighted by molar-refractivity contribution is 9.10. The van der Waals surface area contributed by atoms with Gasteiger partial charge in [-0.2, -0.15) is 0 Å². The van der Waals surface area contributed by atoms with Gasteiger partial charge in [0.2, 0.25) is 0 Å². The molecule has 1 aromatic heterocycles. The number of halogens is 2. The molecule has 0 unspecified atom stereocenters. The lowest BCUT2D eigenvalue weighted by Crippen LogP contribution is -1.96. The van der Waals surface area contributed by atoms with Gasteiger partial charge >= 0.3 is 0 Å². The Bertz CT molecular complexity index is 584. The van der Waals surface area contributed by atoms with E-state index in [1.807, 2.05) is 0 Å². The van der Waals surface area contributed by atoms with Crippen LogP contribution in [0.15, 0.2) is 41.0 Å². The Morgan fingerprint density at radius 3 is 2.56 bits per heavy atom. The van der Waals surface area contributed by atoms with Gasteiger partial charge in [-0.3, -0.25) is 4.79 Å². The van der Waals surface area contributed by atoms with Crippen LogP contribution in [-0.4, -0.2) is 10.8 Å². The zero-order valence-electron chi connectivity index (χ0n) is 9.48. The topological polar surface area (TPSA) is 39.2 Å². The number of ketones is 1. The van der Waals surface area contributed by atoms with Crippen LogP contribution in [0.1, 0.15) is 17.4 Å². The van der Waals surface area contributed by atoms with Crippen LogP contribution < -0.4 is 4.74 Å². The number of benzene rings is 1. The summed E-state index contributed by atoms with van der Waals surface area (Å²) in [4.78, 5) is 15.0. The average Bonchev–Trinajstić information content (AvgIpc) is 2.34. The van der Waals surface area contributed by atoms with Crippen molar-refractivity contribution in [1.29, 1.82) is 0 Å². The van der Waals surface area contributed by atoms with Gasteiger partial charge < -0.3 is 4.74 Å². The highest BCUT2D eigenvalue weighted by Gasteiger charge is 2.04. The molecule has 0 N–H and O–H groups in total. The molecule has 0 saturated heterocycles. The molecule has 1 aromatic carbocycles. The minimum Gasteiger partial charge on any atom is -0.456 e. The second-order valence-electron chi connectivity index (χ2n) is 3.61. The smallest absolute Gasteiger partial charge is 0.178 e. The number of aromatic nitrogens is 1. The molecule has 0 spiro atoms. The standard InChI is InChI=1S/C13H9BrFNO2/c1-8(17)13-5-3-10(7-16-13)18-9-2-4-11(14)12(15)6-9/h2-7H,1H3. The minimum atomic E-state index is -0.402. The summed E-state index contributed by atoms with van der Waals surface area (Å²) in [7, 11) is 0. The Kier molecular flexibility index (Phi) is 3.72. The van der Waals surface area contributed by atoms with Crippen molar-refractivity contribution in [1.82, 2.24) is 4.98 Å². The van der Waals surface area contributed by atoms with Crippen LogP contribution in [0.25, 0.3) is 0 Å². The molecule has 0 saturated carbocycles. The predicted octanol–water partition coefficient (Wildman–Crippen LogP) is 3.98. The highest BCUT2D eigenvalue weighted by Crippen LogP contribution is 2.25. The van der Waals surface area contributed by atoms with Crippen LogP contribution in [0.4, 0.5) is 4.39 Å². The number of nitrogens with zero attached hydrogens (tertiary/aromatic N) is 1. The summed E-state index contributed by atoms with van der Waals surface area (Å²) in [6.07, 6.45) is 1.43. The van der Waals surface area contributed by atoms with E-state index in [2.05, 4.69) is 20.9 Å². The largest absolute Gasteiger partial charge is 0.456 e. The van der Waals surface area contributed by atoms with E-state index in [1.165, 1.54) is 19.2 Å². The van der Waals surface area contributed by atoms with Gasteiger partial charge in [-0.25, -0.2) is 9.37 Å². The van der Waals surface area contributed by atoms with Crippen molar-refractivity contribution in [2.45, 2.75) is 6.92 Å². The normalized spacial score (nSPS) is 10.2. The Hall–Kier alpha value is -1.75. The summed E-state index contributed by atoms with van der Waals surface area (Å²) in [6, 6.07) is 7.63. The Morgan fingerprint density at radius 1 is 1.28 bits per heavy atom. The van der Waals surface area contributed by atoms with Gasteiger partial charge in [0.05, 0.1) is 10.7 Å². The molecular weight excluding hydrogens is 301 g/mol. The van der Waals surface area contributed by atoms with E-state index in [-0.39, 0.29) is 5.78 Å². The Balaban J connectivity index is 2.18. The lowest BCUT2D eigenvalue weighted by Gasteiger charge is -2.06. The monoisotopic (exact) mass is 309 g/mol. The van der Waals surface area contributed by atoms with Crippen molar-refractivity contribution in [2.75, 3.05) is 0 Å². The van der Waals surface area contributed by atoms with E-state index in [4.69, 9.17) is 4.74 Å². The molecule has 0 aliphatic heterocycles. The summed E-state index contributed by atoms with van der Waals surface area (Å²) in [5.41, 5.74) is 0.365. The molecule has 2 rings (SSSR count). The molecule has 18 heavy (non-hydrogen) atoms. The molecule has 0 fully saturated rings. The number of carbonyl (C=O) groups is 1. The summed E-state index contributed by atoms with van der Waals surface area (Å²) in [5, 5.41) is 0. The molecule has 2 aromatic rings. The van der Waals surface area contributed by atoms with Crippen molar-refractivity contribution >= 4 is 21.7 Å². The zero-order chi connectivity index (χ0) is 13.1. The minimum absolute atomic E-state index is 0.115. The molecule has 5 heteroatoms. The van der Waals surface area contributed by atoms with Crippen LogP contribution in [0.5, 0.6) is 11.5 Å². The Labute approximate surface area is 112 Å². The molecule has 1 heterocycles. The van der Waals surface area contributed by atoms with Gasteiger partial charge in [-0.1, -0.05) is 0 Å². The van der Waals surface area contributed by atoms with Crippen LogP contribution in [0.2, 0.25) is 0 Å². The van der Waals surface area contributed by atoms with Crippen molar-refractivity contribution in [3.05, 3.63) is 52.5 Å². The fraction of sp³-hybridized carbons (Fsp3) is 0.0769. The maximum Gasteiger partial charge on any atom is 0.178 e. The quantitative estimate of drug-likeness (QED) is 0.805. The van der Waals surface area contributed by atoms with Crippen LogP contribution >= 0.6 is 15.9 Å². The van der Waals surface area contributed by atoms with E-state index in [0.29, 0.717) is 21.7 Å². The van der Waals surface area contributed by atoms with Gasteiger partial charge in [0, 0.05) is 13.0 Å². The van der Waals surface area contributed by atoms with Gasteiger partial charge in [0.15, 0.2) is 5.78 Å². The summed E-state index contributed by atoms with van der Waals surface area (Å²) >= 11 is 3.06. The van der Waals surface area contributed by atoms with Crippen LogP contribution in [-0.2, 0) is 0 Å². The first-order valence-electron chi connectivity index (χ1n) is 5.16. The number of hydrogen-bond donors (Lipinski definition) is 0. The molecule has 0 aliphatic rings. The van der Waals surface area contributed by atoms with E-state index < -0.39 is 5.82 Å². The number of rotatable bonds is 3. The van der Waals surface area contributed by atoms with Crippen LogP contribution in [0.3, 0.4) is 0 Å². The first-order chi connectivity index (χ1) is 8.56. The van der Waals surface area contributed by atoms with Crippen molar-refractivity contribution in [3.63, 3.8) is 0 Å². The number of Topliss-reactive ketones (excluding diaryl/α,β-unsaturated/α-hetero) is 1. The fourth-order valence-corrected chi connectivity index (χ4v) is 1.57. The first-order valence-corrected chi connectivity index (χ1v) is 5.95. The molecule has 0 radical (unpaired) electrons. The number of hydrogen-bond acceptors (Lipinski definition) is 3. The molecule has 0 bridgehead atoms. The third-order valence-electron chi connectivity index (χ3n) is 2.22. The molecule has 0 amide bonds. The van der Waals surface area contributed by atoms with E-state index in [9.17, 15) is 9.18 Å². The van der Waals surface area contributed by atoms with E-state index >= 15 is 0 Å². The van der Waals surface area contributed by atoms with Crippen molar-refractivity contribution < 1.29 is 13.9 Å². The molecular formula is C13H9BrFNO2. The number of pyridine rings is 1. The van der Waals surface area contributed by atoms with Gasteiger partial charge in [-0.15, -0.1) is 0 Å². The lowest BCUT2D eigenvalue weighted by molar-refractivity contribution is 0.101. The first kappa shape index (κ1) is 12.7. The molecule has 92 valence electrons.